The molecule has 0 atom stereocenters. The van der Waals surface area contributed by atoms with Gasteiger partial charge in [0.25, 0.3) is 0 Å². The fourth-order valence-electron chi connectivity index (χ4n) is 5.41. The summed E-state index contributed by atoms with van der Waals surface area (Å²) in [7, 11) is 3.08. The van der Waals surface area contributed by atoms with Crippen LogP contribution in [0.4, 0.5) is 23.8 Å². The summed E-state index contributed by atoms with van der Waals surface area (Å²) in [5.74, 6) is 1.88. The van der Waals surface area contributed by atoms with Crippen LogP contribution < -0.4 is 10.1 Å². The van der Waals surface area contributed by atoms with Gasteiger partial charge in [0.15, 0.2) is 11.5 Å². The molecule has 14 heteroatoms. The third-order valence-electron chi connectivity index (χ3n) is 7.78. The molecule has 4 heterocycles. The number of halogens is 3. The van der Waals surface area contributed by atoms with Crippen LogP contribution in [0.25, 0.3) is 22.8 Å². The third-order valence-corrected chi connectivity index (χ3v) is 7.78. The van der Waals surface area contributed by atoms with Crippen molar-refractivity contribution in [3.05, 3.63) is 65.0 Å². The number of nitrogens with zero attached hydrogens (tertiary/aromatic N) is 7. The van der Waals surface area contributed by atoms with Crippen LogP contribution in [0.1, 0.15) is 67.7 Å². The topological polar surface area (TPSA) is 120 Å². The second kappa shape index (κ2) is 11.9. The van der Waals surface area contributed by atoms with E-state index in [0.29, 0.717) is 53.9 Å². The molecule has 1 aromatic carbocycles. The van der Waals surface area contributed by atoms with Gasteiger partial charge in [-0.15, -0.1) is 0 Å². The van der Waals surface area contributed by atoms with E-state index in [1.165, 1.54) is 17.9 Å². The summed E-state index contributed by atoms with van der Waals surface area (Å²) in [6.45, 7) is 6.54. The number of carbonyl (C=O) groups excluding carboxylic acids is 1. The first-order chi connectivity index (χ1) is 21.8. The molecule has 1 N–H and O–H groups in total. The second-order valence-corrected chi connectivity index (χ2v) is 12.5. The van der Waals surface area contributed by atoms with Crippen molar-refractivity contribution in [1.82, 2.24) is 34.4 Å². The average Bonchev–Trinajstić information content (AvgIpc) is 3.78. The number of aromatic nitrogens is 6. The summed E-state index contributed by atoms with van der Waals surface area (Å²) in [5, 5.41) is 3.44. The van der Waals surface area contributed by atoms with Gasteiger partial charge in [-0.2, -0.15) is 13.2 Å². The van der Waals surface area contributed by atoms with Crippen LogP contribution in [0.3, 0.4) is 0 Å². The number of carbonyl (C=O) groups is 1. The largest absolute Gasteiger partial charge is 0.480 e. The van der Waals surface area contributed by atoms with E-state index in [9.17, 15) is 18.0 Å². The molecule has 0 radical (unpaired) electrons. The third kappa shape index (κ3) is 6.60. The number of anilines is 1. The molecular formula is C32H35F3N8O3. The normalized spacial score (nSPS) is 15.0. The SMILES string of the molecule is COc1ncnc(C2CC2)c1-c1nc2c(c(NCc3ccc(-c4nc(C(F)(F)F)cn4C)cc3)n1)CCN(C(=O)OC(C)(C)C)C2. The molecule has 4 aromatic rings. The van der Waals surface area contributed by atoms with Crippen LogP contribution in [-0.2, 0) is 37.5 Å². The monoisotopic (exact) mass is 636 g/mol. The Balaban J connectivity index is 1.31. The molecule has 0 spiro atoms. The molecule has 1 aliphatic carbocycles. The van der Waals surface area contributed by atoms with Crippen LogP contribution in [0, 0.1) is 0 Å². The van der Waals surface area contributed by atoms with Gasteiger partial charge in [0.2, 0.25) is 5.88 Å². The number of rotatable bonds is 7. The summed E-state index contributed by atoms with van der Waals surface area (Å²) in [4.78, 5) is 37.1. The fourth-order valence-corrected chi connectivity index (χ4v) is 5.41. The molecule has 0 bridgehead atoms. The van der Waals surface area contributed by atoms with Gasteiger partial charge in [0, 0.05) is 43.4 Å². The molecule has 1 saturated carbocycles. The Kier molecular flexibility index (Phi) is 8.07. The number of fused-ring (bicyclic) bond motifs is 1. The minimum Gasteiger partial charge on any atom is -0.480 e. The highest BCUT2D eigenvalue weighted by Crippen LogP contribution is 2.45. The number of benzene rings is 1. The molecule has 0 saturated heterocycles. The van der Waals surface area contributed by atoms with Crippen LogP contribution >= 0.6 is 0 Å². The number of alkyl halides is 3. The van der Waals surface area contributed by atoms with Gasteiger partial charge in [-0.05, 0) is 45.6 Å². The zero-order chi connectivity index (χ0) is 32.8. The zero-order valence-electron chi connectivity index (χ0n) is 26.3. The molecule has 242 valence electrons. The van der Waals surface area contributed by atoms with Crippen molar-refractivity contribution < 1.29 is 27.4 Å². The molecule has 1 fully saturated rings. The quantitative estimate of drug-likeness (QED) is 0.255. The Morgan fingerprint density at radius 3 is 2.43 bits per heavy atom. The van der Waals surface area contributed by atoms with Gasteiger partial charge in [0.05, 0.1) is 25.0 Å². The second-order valence-electron chi connectivity index (χ2n) is 12.5. The van der Waals surface area contributed by atoms with Gasteiger partial charge in [-0.1, -0.05) is 24.3 Å². The van der Waals surface area contributed by atoms with Crippen LogP contribution in [0.5, 0.6) is 5.88 Å². The Morgan fingerprint density at radius 2 is 1.80 bits per heavy atom. The lowest BCUT2D eigenvalue weighted by Gasteiger charge is -2.31. The van der Waals surface area contributed by atoms with Crippen molar-refractivity contribution in [2.75, 3.05) is 19.0 Å². The smallest absolute Gasteiger partial charge is 0.434 e. The zero-order valence-corrected chi connectivity index (χ0v) is 26.3. The molecule has 0 unspecified atom stereocenters. The van der Waals surface area contributed by atoms with Gasteiger partial charge >= 0.3 is 12.3 Å². The Labute approximate surface area is 264 Å². The highest BCUT2D eigenvalue weighted by atomic mass is 19.4. The van der Waals surface area contributed by atoms with E-state index < -0.39 is 23.6 Å². The van der Waals surface area contributed by atoms with E-state index in [1.54, 1.807) is 24.1 Å². The highest BCUT2D eigenvalue weighted by molar-refractivity contribution is 5.71. The standard InChI is InChI=1S/C32H35F3N8O3/c1-31(2,3)46-30(44)43-13-12-21-22(15-43)39-27(24-25(19-10-11-19)37-17-38-29(24)45-5)41-26(21)36-14-18-6-8-20(9-7-18)28-40-23(16-42(28)4)32(33,34)35/h6-9,16-17,19H,10-15H2,1-5H3,(H,36,39,41). The molecule has 6 rings (SSSR count). The van der Waals surface area contributed by atoms with Crippen LogP contribution in [0.2, 0.25) is 0 Å². The molecular weight excluding hydrogens is 601 g/mol. The maximum absolute atomic E-state index is 13.2. The molecule has 3 aromatic heterocycles. The molecule has 1 aliphatic heterocycles. The van der Waals surface area contributed by atoms with E-state index in [-0.39, 0.29) is 18.3 Å². The molecule has 2 aliphatic rings. The van der Waals surface area contributed by atoms with Crippen molar-refractivity contribution >= 4 is 11.9 Å². The maximum Gasteiger partial charge on any atom is 0.434 e. The summed E-state index contributed by atoms with van der Waals surface area (Å²) in [6.07, 6.45) is 0.0384. The maximum atomic E-state index is 13.2. The summed E-state index contributed by atoms with van der Waals surface area (Å²) in [5.41, 5.74) is 2.90. The van der Waals surface area contributed by atoms with Gasteiger partial charge < -0.3 is 24.3 Å². The number of hydrogen-bond acceptors (Lipinski definition) is 9. The lowest BCUT2D eigenvalue weighted by atomic mass is 10.0. The van der Waals surface area contributed by atoms with Gasteiger partial charge in [-0.3, -0.25) is 0 Å². The first kappa shape index (κ1) is 31.2. The Morgan fingerprint density at radius 1 is 1.07 bits per heavy atom. The Hall–Kier alpha value is -4.75. The number of ether oxygens (including phenoxy) is 2. The van der Waals surface area contributed by atoms with E-state index in [1.807, 2.05) is 32.9 Å². The van der Waals surface area contributed by atoms with Crippen molar-refractivity contribution in [2.45, 2.75) is 70.8 Å². The minimum atomic E-state index is -4.52. The van der Waals surface area contributed by atoms with E-state index in [4.69, 9.17) is 19.4 Å². The van der Waals surface area contributed by atoms with Crippen molar-refractivity contribution in [3.63, 3.8) is 0 Å². The van der Waals surface area contributed by atoms with Crippen LogP contribution in [0.15, 0.2) is 36.8 Å². The number of aryl methyl sites for hydroxylation is 1. The molecule has 46 heavy (non-hydrogen) atoms. The Bertz CT molecular complexity index is 1760. The van der Waals surface area contributed by atoms with Gasteiger partial charge in [0.1, 0.15) is 29.1 Å². The first-order valence-corrected chi connectivity index (χ1v) is 15.0. The molecule has 1 amide bonds. The lowest BCUT2D eigenvalue weighted by Crippen LogP contribution is -2.40. The highest BCUT2D eigenvalue weighted by Gasteiger charge is 2.35. The van der Waals surface area contributed by atoms with Gasteiger partial charge in [-0.25, -0.2) is 29.7 Å². The number of nitrogens with one attached hydrogen (secondary N) is 1. The number of methoxy groups -OCH3 is 1. The van der Waals surface area contributed by atoms with E-state index in [2.05, 4.69) is 20.3 Å². The summed E-state index contributed by atoms with van der Waals surface area (Å²) < 4.78 is 52.1. The first-order valence-electron chi connectivity index (χ1n) is 15.0. The predicted octanol–water partition coefficient (Wildman–Crippen LogP) is 6.14. The van der Waals surface area contributed by atoms with E-state index >= 15 is 0 Å². The van der Waals surface area contributed by atoms with Crippen molar-refractivity contribution in [3.8, 4) is 28.7 Å². The number of hydrogen-bond donors (Lipinski definition) is 1. The van der Waals surface area contributed by atoms with E-state index in [0.717, 1.165) is 35.9 Å². The fraction of sp³-hybridized carbons (Fsp3) is 0.438. The minimum absolute atomic E-state index is 0.224. The number of amides is 1. The van der Waals surface area contributed by atoms with Crippen molar-refractivity contribution in [1.29, 1.82) is 0 Å². The predicted molar refractivity (Wildman–Crippen MR) is 163 cm³/mol. The molecule has 11 nitrogen and oxygen atoms in total. The summed E-state index contributed by atoms with van der Waals surface area (Å²) in [6, 6.07) is 7.16. The van der Waals surface area contributed by atoms with Crippen LogP contribution in [-0.4, -0.2) is 59.7 Å². The van der Waals surface area contributed by atoms with Crippen molar-refractivity contribution in [2.24, 2.45) is 7.05 Å². The lowest BCUT2D eigenvalue weighted by molar-refractivity contribution is -0.140. The average molecular weight is 637 g/mol. The number of imidazole rings is 1. The summed E-state index contributed by atoms with van der Waals surface area (Å²) >= 11 is 0.